The maximum Gasteiger partial charge on any atom is 0.191 e. The van der Waals surface area contributed by atoms with Crippen molar-refractivity contribution < 1.29 is 9.15 Å². The number of likely N-dealkylation sites (tertiary alicyclic amines) is 1. The van der Waals surface area contributed by atoms with Crippen LogP contribution in [0, 0.1) is 6.92 Å². The fourth-order valence-corrected chi connectivity index (χ4v) is 3.41. The molecule has 0 bridgehead atoms. The number of aryl methyl sites for hydroxylation is 1. The number of benzene rings is 1. The molecule has 6 nitrogen and oxygen atoms in total. The van der Waals surface area contributed by atoms with E-state index in [0.29, 0.717) is 13.2 Å². The summed E-state index contributed by atoms with van der Waals surface area (Å²) < 4.78 is 11.5. The highest BCUT2D eigenvalue weighted by Crippen LogP contribution is 2.24. The Labute approximate surface area is 161 Å². The standard InChI is InChI=1S/C21H30N4O2/c1-17-8-3-4-9-19(17)27-15-11-23-21(22-2)24-16-18(20-10-7-14-26-20)25-12-5-6-13-25/h3-4,7-10,14,18H,5-6,11-13,15-16H2,1-2H3,(H2,22,23,24). The van der Waals surface area contributed by atoms with Crippen LogP contribution >= 0.6 is 0 Å². The Balaban J connectivity index is 1.45. The van der Waals surface area contributed by atoms with Crippen molar-refractivity contribution in [3.63, 3.8) is 0 Å². The van der Waals surface area contributed by atoms with Crippen LogP contribution in [0.1, 0.15) is 30.2 Å². The van der Waals surface area contributed by atoms with Crippen molar-refractivity contribution in [1.82, 2.24) is 15.5 Å². The SMILES string of the molecule is CN=C(NCCOc1ccccc1C)NCC(c1ccco1)N1CCCC1. The minimum absolute atomic E-state index is 0.226. The molecule has 1 atom stereocenters. The average Bonchev–Trinajstić information content (AvgIpc) is 3.39. The molecule has 1 unspecified atom stereocenters. The highest BCUT2D eigenvalue weighted by molar-refractivity contribution is 5.79. The number of ether oxygens (including phenoxy) is 1. The largest absolute Gasteiger partial charge is 0.491 e. The van der Waals surface area contributed by atoms with E-state index in [-0.39, 0.29) is 6.04 Å². The summed E-state index contributed by atoms with van der Waals surface area (Å²) >= 11 is 0. The summed E-state index contributed by atoms with van der Waals surface area (Å²) in [7, 11) is 1.79. The van der Waals surface area contributed by atoms with Crippen LogP contribution in [0.4, 0.5) is 0 Å². The van der Waals surface area contributed by atoms with Gasteiger partial charge in [0.1, 0.15) is 18.1 Å². The van der Waals surface area contributed by atoms with Gasteiger partial charge in [-0.3, -0.25) is 9.89 Å². The van der Waals surface area contributed by atoms with E-state index in [9.17, 15) is 0 Å². The third kappa shape index (κ3) is 5.50. The van der Waals surface area contributed by atoms with E-state index in [1.807, 2.05) is 24.3 Å². The highest BCUT2D eigenvalue weighted by atomic mass is 16.5. The van der Waals surface area contributed by atoms with Gasteiger partial charge in [0, 0.05) is 13.6 Å². The average molecular weight is 370 g/mol. The smallest absolute Gasteiger partial charge is 0.191 e. The number of rotatable bonds is 8. The molecule has 0 aliphatic carbocycles. The first-order valence-electron chi connectivity index (χ1n) is 9.68. The van der Waals surface area contributed by atoms with Gasteiger partial charge >= 0.3 is 0 Å². The monoisotopic (exact) mass is 370 g/mol. The lowest BCUT2D eigenvalue weighted by atomic mass is 10.2. The second-order valence-electron chi connectivity index (χ2n) is 6.77. The number of hydrogen-bond acceptors (Lipinski definition) is 4. The first-order valence-corrected chi connectivity index (χ1v) is 9.68. The minimum Gasteiger partial charge on any atom is -0.491 e. The maximum absolute atomic E-state index is 5.83. The molecule has 2 N–H and O–H groups in total. The Morgan fingerprint density at radius 3 is 2.70 bits per heavy atom. The van der Waals surface area contributed by atoms with E-state index in [2.05, 4.69) is 39.6 Å². The molecule has 0 radical (unpaired) electrons. The van der Waals surface area contributed by atoms with Crippen molar-refractivity contribution in [3.8, 4) is 5.75 Å². The fourth-order valence-electron chi connectivity index (χ4n) is 3.41. The van der Waals surface area contributed by atoms with Crippen LogP contribution in [-0.4, -0.2) is 50.7 Å². The summed E-state index contributed by atoms with van der Waals surface area (Å²) in [6.45, 7) is 6.30. The molecule has 146 valence electrons. The number of furan rings is 1. The quantitative estimate of drug-likeness (QED) is 0.425. The van der Waals surface area contributed by atoms with Gasteiger partial charge < -0.3 is 19.8 Å². The summed E-state index contributed by atoms with van der Waals surface area (Å²) in [5, 5.41) is 6.74. The van der Waals surface area contributed by atoms with Crippen molar-refractivity contribution in [2.45, 2.75) is 25.8 Å². The van der Waals surface area contributed by atoms with Gasteiger partial charge in [0.05, 0.1) is 18.8 Å². The molecule has 1 aliphatic heterocycles. The number of nitrogens with zero attached hydrogens (tertiary/aromatic N) is 2. The molecule has 2 heterocycles. The summed E-state index contributed by atoms with van der Waals surface area (Å²) in [4.78, 5) is 6.79. The van der Waals surface area contributed by atoms with E-state index < -0.39 is 0 Å². The Morgan fingerprint density at radius 2 is 2.00 bits per heavy atom. The van der Waals surface area contributed by atoms with Crippen molar-refractivity contribution in [1.29, 1.82) is 0 Å². The molecule has 3 rings (SSSR count). The molecule has 0 spiro atoms. The second-order valence-corrected chi connectivity index (χ2v) is 6.77. The van der Waals surface area contributed by atoms with Crippen molar-refractivity contribution >= 4 is 5.96 Å². The van der Waals surface area contributed by atoms with Crippen molar-refractivity contribution in [2.75, 3.05) is 39.8 Å². The predicted octanol–water partition coefficient (Wildman–Crippen LogP) is 2.97. The van der Waals surface area contributed by atoms with E-state index in [1.54, 1.807) is 13.3 Å². The molecule has 1 aliphatic rings. The van der Waals surface area contributed by atoms with Gasteiger partial charge in [-0.2, -0.15) is 0 Å². The van der Waals surface area contributed by atoms with Crippen molar-refractivity contribution in [3.05, 3.63) is 54.0 Å². The minimum atomic E-state index is 0.226. The topological polar surface area (TPSA) is 62.0 Å². The summed E-state index contributed by atoms with van der Waals surface area (Å²) in [6.07, 6.45) is 4.25. The van der Waals surface area contributed by atoms with E-state index >= 15 is 0 Å². The molecule has 0 amide bonds. The van der Waals surface area contributed by atoms with Crippen LogP contribution in [0.2, 0.25) is 0 Å². The van der Waals surface area contributed by atoms with Gasteiger partial charge in [-0.1, -0.05) is 18.2 Å². The van der Waals surface area contributed by atoms with Crippen LogP contribution in [0.25, 0.3) is 0 Å². The van der Waals surface area contributed by atoms with Crippen LogP contribution in [0.15, 0.2) is 52.1 Å². The normalized spacial score (nSPS) is 16.3. The highest BCUT2D eigenvalue weighted by Gasteiger charge is 2.25. The zero-order valence-electron chi connectivity index (χ0n) is 16.3. The van der Waals surface area contributed by atoms with Gasteiger partial charge in [-0.15, -0.1) is 0 Å². The number of hydrogen-bond donors (Lipinski definition) is 2. The molecular weight excluding hydrogens is 340 g/mol. The van der Waals surface area contributed by atoms with Crippen LogP contribution in [0.5, 0.6) is 5.75 Å². The molecule has 1 fully saturated rings. The first-order chi connectivity index (χ1) is 13.3. The van der Waals surface area contributed by atoms with E-state index in [1.165, 1.54) is 12.8 Å². The lowest BCUT2D eigenvalue weighted by molar-refractivity contribution is 0.215. The molecule has 1 aromatic heterocycles. The molecule has 1 aromatic carbocycles. The molecule has 1 saturated heterocycles. The predicted molar refractivity (Wildman–Crippen MR) is 108 cm³/mol. The Hall–Kier alpha value is -2.47. The fraction of sp³-hybridized carbons (Fsp3) is 0.476. The zero-order chi connectivity index (χ0) is 18.9. The van der Waals surface area contributed by atoms with Crippen LogP contribution in [-0.2, 0) is 0 Å². The third-order valence-corrected chi connectivity index (χ3v) is 4.89. The number of aliphatic imine (C=N–C) groups is 1. The number of nitrogens with one attached hydrogen (secondary N) is 2. The summed E-state index contributed by atoms with van der Waals surface area (Å²) in [6, 6.07) is 12.3. The first kappa shape index (κ1) is 19.3. The Morgan fingerprint density at radius 1 is 1.19 bits per heavy atom. The molecule has 6 heteroatoms. The lowest BCUT2D eigenvalue weighted by Crippen LogP contribution is -2.43. The van der Waals surface area contributed by atoms with Gasteiger partial charge in [-0.25, -0.2) is 0 Å². The third-order valence-electron chi connectivity index (χ3n) is 4.89. The molecule has 0 saturated carbocycles. The number of guanidine groups is 1. The Bertz CT molecular complexity index is 709. The number of para-hydroxylation sites is 1. The Kier molecular flexibility index (Phi) is 7.16. The van der Waals surface area contributed by atoms with Gasteiger partial charge in [0.15, 0.2) is 5.96 Å². The summed E-state index contributed by atoms with van der Waals surface area (Å²) in [5.74, 6) is 2.70. The van der Waals surface area contributed by atoms with Gasteiger partial charge in [0.25, 0.3) is 0 Å². The van der Waals surface area contributed by atoms with Gasteiger partial charge in [-0.05, 0) is 56.6 Å². The summed E-state index contributed by atoms with van der Waals surface area (Å²) in [5.41, 5.74) is 1.15. The van der Waals surface area contributed by atoms with E-state index in [4.69, 9.17) is 9.15 Å². The molecule has 2 aromatic rings. The van der Waals surface area contributed by atoms with Gasteiger partial charge in [0.2, 0.25) is 0 Å². The second kappa shape index (κ2) is 10.0. The van der Waals surface area contributed by atoms with Crippen LogP contribution in [0.3, 0.4) is 0 Å². The van der Waals surface area contributed by atoms with E-state index in [0.717, 1.165) is 42.7 Å². The van der Waals surface area contributed by atoms with Crippen molar-refractivity contribution in [2.24, 2.45) is 4.99 Å². The maximum atomic E-state index is 5.83. The van der Waals surface area contributed by atoms with Crippen LogP contribution < -0.4 is 15.4 Å². The lowest BCUT2D eigenvalue weighted by Gasteiger charge is -2.26. The molecular formula is C21H30N4O2. The molecule has 27 heavy (non-hydrogen) atoms. The zero-order valence-corrected chi connectivity index (χ0v) is 16.3.